The normalized spacial score (nSPS) is 22.7. The van der Waals surface area contributed by atoms with Crippen LogP contribution in [0, 0.1) is 0 Å². The van der Waals surface area contributed by atoms with Gasteiger partial charge >= 0.3 is 12.0 Å². The van der Waals surface area contributed by atoms with E-state index in [9.17, 15) is 14.7 Å². The number of amides is 2. The number of carboxylic acids is 1. The van der Waals surface area contributed by atoms with Gasteiger partial charge < -0.3 is 29.4 Å². The van der Waals surface area contributed by atoms with Gasteiger partial charge in [0.2, 0.25) is 0 Å². The molecule has 4 aromatic rings. The quantitative estimate of drug-likeness (QED) is 0.236. The lowest BCUT2D eigenvalue weighted by molar-refractivity contribution is -0.131. The van der Waals surface area contributed by atoms with E-state index in [1.54, 1.807) is 23.0 Å². The maximum Gasteiger partial charge on any atom is 0.339 e. The van der Waals surface area contributed by atoms with Gasteiger partial charge in [-0.3, -0.25) is 9.88 Å². The minimum atomic E-state index is -1.09. The van der Waals surface area contributed by atoms with Crippen molar-refractivity contribution in [2.24, 2.45) is 0 Å². The van der Waals surface area contributed by atoms with Gasteiger partial charge in [0, 0.05) is 6.54 Å². The molecule has 13 heteroatoms. The standard InChI is InChI=1S/C33H36N6O7/c1-5-34-32(42)38-28-25-29(36-17-35-28)39(18-37-25)30-27-26(45-24(46-27)14-11-19-9-7-6-8-10-19)23(44-30)16-43-22-13-12-20(33(2,3)4)15-21(22)31(40)41/h6-15,17-18,23-24,26-27,30H,5,16H2,1-4H3,(H,40,41)(H2,34,35,36,38,42)/b14-11+/t23?,24-,26?,27?,30?/m0/s1. The molecule has 2 amide bonds. The molecular weight excluding hydrogens is 592 g/mol. The largest absolute Gasteiger partial charge is 0.490 e. The summed E-state index contributed by atoms with van der Waals surface area (Å²) in [4.78, 5) is 37.4. The predicted octanol–water partition coefficient (Wildman–Crippen LogP) is 4.76. The van der Waals surface area contributed by atoms with Crippen molar-refractivity contribution in [2.45, 2.75) is 63.9 Å². The average molecular weight is 629 g/mol. The molecule has 2 fully saturated rings. The molecule has 6 rings (SSSR count). The second-order valence-electron chi connectivity index (χ2n) is 12.0. The van der Waals surface area contributed by atoms with Crippen molar-refractivity contribution in [3.05, 3.63) is 84.0 Å². The lowest BCUT2D eigenvalue weighted by Crippen LogP contribution is -2.33. The molecule has 4 unspecified atom stereocenters. The Morgan fingerprint density at radius 2 is 1.83 bits per heavy atom. The zero-order chi connectivity index (χ0) is 32.4. The molecule has 2 aliphatic heterocycles. The van der Waals surface area contributed by atoms with Gasteiger partial charge in [-0.05, 0) is 41.7 Å². The monoisotopic (exact) mass is 628 g/mol. The van der Waals surface area contributed by atoms with Crippen LogP contribution in [0.1, 0.15) is 55.4 Å². The van der Waals surface area contributed by atoms with Crippen molar-refractivity contribution in [3.63, 3.8) is 0 Å². The molecule has 3 N–H and O–H groups in total. The number of urea groups is 1. The van der Waals surface area contributed by atoms with E-state index in [1.807, 2.05) is 76.2 Å². The van der Waals surface area contributed by atoms with Crippen LogP contribution in [-0.4, -0.2) is 74.4 Å². The number of imidazole rings is 1. The van der Waals surface area contributed by atoms with E-state index < -0.39 is 42.8 Å². The number of rotatable bonds is 9. The Morgan fingerprint density at radius 1 is 1.04 bits per heavy atom. The molecule has 5 atom stereocenters. The second-order valence-corrected chi connectivity index (χ2v) is 12.0. The molecule has 2 aromatic heterocycles. The fourth-order valence-corrected chi connectivity index (χ4v) is 5.47. The molecule has 240 valence electrons. The lowest BCUT2D eigenvalue weighted by atomic mass is 9.86. The van der Waals surface area contributed by atoms with Gasteiger partial charge in [-0.1, -0.05) is 63.2 Å². The average Bonchev–Trinajstić information content (AvgIpc) is 3.73. The SMILES string of the molecule is CCNC(=O)Nc1ncnc2c1ncn2C1OC(COc2ccc(C(C)(C)C)cc2C(=O)O)C2O[C@H](/C=C/c3ccccc3)OC21. The number of hydrogen-bond donors (Lipinski definition) is 3. The number of ether oxygens (including phenoxy) is 4. The maximum atomic E-state index is 12.2. The van der Waals surface area contributed by atoms with Crippen LogP contribution >= 0.6 is 0 Å². The highest BCUT2D eigenvalue weighted by molar-refractivity contribution is 5.95. The Hall–Kier alpha value is -4.85. The molecule has 2 aromatic carbocycles. The molecule has 2 aliphatic rings. The second kappa shape index (κ2) is 12.9. The third kappa shape index (κ3) is 6.43. The minimum absolute atomic E-state index is 0.00308. The van der Waals surface area contributed by atoms with Crippen molar-refractivity contribution in [3.8, 4) is 5.75 Å². The predicted molar refractivity (Wildman–Crippen MR) is 169 cm³/mol. The molecule has 4 heterocycles. The first-order valence-corrected chi connectivity index (χ1v) is 15.0. The fraction of sp³-hybridized carbons (Fsp3) is 0.364. The molecule has 0 bridgehead atoms. The highest BCUT2D eigenvalue weighted by atomic mass is 16.8. The summed E-state index contributed by atoms with van der Waals surface area (Å²) < 4.78 is 27.0. The molecule has 0 spiro atoms. The van der Waals surface area contributed by atoms with E-state index in [1.165, 1.54) is 6.33 Å². The molecule has 0 aliphatic carbocycles. The number of carbonyl (C=O) groups excluding carboxylic acids is 1. The third-order valence-corrected chi connectivity index (χ3v) is 7.79. The summed E-state index contributed by atoms with van der Waals surface area (Å²) in [5, 5.41) is 15.3. The Bertz CT molecular complexity index is 1750. The minimum Gasteiger partial charge on any atom is -0.490 e. The van der Waals surface area contributed by atoms with Crippen LogP contribution in [-0.2, 0) is 19.6 Å². The topological polar surface area (TPSA) is 159 Å². The van der Waals surface area contributed by atoms with Crippen LogP contribution in [0.5, 0.6) is 5.75 Å². The number of hydrogen-bond acceptors (Lipinski definition) is 9. The van der Waals surface area contributed by atoms with Crippen LogP contribution < -0.4 is 15.4 Å². The highest BCUT2D eigenvalue weighted by Crippen LogP contribution is 2.41. The molecule has 13 nitrogen and oxygen atoms in total. The van der Waals surface area contributed by atoms with Crippen LogP contribution in [0.4, 0.5) is 10.6 Å². The summed E-state index contributed by atoms with van der Waals surface area (Å²) in [6.07, 6.45) is 3.44. The Labute approximate surface area is 265 Å². The van der Waals surface area contributed by atoms with E-state index >= 15 is 0 Å². The Morgan fingerprint density at radius 3 is 2.57 bits per heavy atom. The van der Waals surface area contributed by atoms with Crippen molar-refractivity contribution < 1.29 is 33.6 Å². The van der Waals surface area contributed by atoms with Gasteiger partial charge in [0.25, 0.3) is 0 Å². The van der Waals surface area contributed by atoms with Gasteiger partial charge in [0.05, 0.1) is 6.33 Å². The summed E-state index contributed by atoms with van der Waals surface area (Å²) in [5.74, 6) is -0.612. The lowest BCUT2D eigenvalue weighted by Gasteiger charge is -2.22. The summed E-state index contributed by atoms with van der Waals surface area (Å²) >= 11 is 0. The fourth-order valence-electron chi connectivity index (χ4n) is 5.47. The number of carboxylic acid groups (broad SMARTS) is 1. The van der Waals surface area contributed by atoms with Crippen LogP contribution in [0.2, 0.25) is 0 Å². The molecule has 0 radical (unpaired) electrons. The molecule has 46 heavy (non-hydrogen) atoms. The summed E-state index contributed by atoms with van der Waals surface area (Å²) in [6.45, 7) is 8.31. The van der Waals surface area contributed by atoms with Gasteiger partial charge in [0.15, 0.2) is 29.5 Å². The van der Waals surface area contributed by atoms with Crippen molar-refractivity contribution in [1.29, 1.82) is 0 Å². The summed E-state index contributed by atoms with van der Waals surface area (Å²) in [7, 11) is 0. The number of fused-ring (bicyclic) bond motifs is 2. The number of benzene rings is 2. The van der Waals surface area contributed by atoms with Crippen LogP contribution in [0.15, 0.2) is 67.3 Å². The zero-order valence-electron chi connectivity index (χ0n) is 25.9. The third-order valence-electron chi connectivity index (χ3n) is 7.79. The first-order chi connectivity index (χ1) is 22.1. The van der Waals surface area contributed by atoms with E-state index in [2.05, 4.69) is 25.6 Å². The zero-order valence-corrected chi connectivity index (χ0v) is 25.9. The number of carbonyl (C=O) groups is 2. The number of nitrogens with zero attached hydrogens (tertiary/aromatic N) is 4. The van der Waals surface area contributed by atoms with Crippen molar-refractivity contribution in [1.82, 2.24) is 24.8 Å². The maximum absolute atomic E-state index is 12.2. The number of aromatic nitrogens is 4. The van der Waals surface area contributed by atoms with Crippen LogP contribution in [0.3, 0.4) is 0 Å². The first kappa shape index (κ1) is 31.1. The molecular formula is C33H36N6O7. The Balaban J connectivity index is 1.28. The number of aromatic carboxylic acids is 1. The van der Waals surface area contributed by atoms with E-state index in [4.69, 9.17) is 18.9 Å². The van der Waals surface area contributed by atoms with E-state index in [0.717, 1.165) is 11.1 Å². The van der Waals surface area contributed by atoms with E-state index in [0.29, 0.717) is 17.7 Å². The van der Waals surface area contributed by atoms with E-state index in [-0.39, 0.29) is 29.2 Å². The first-order valence-electron chi connectivity index (χ1n) is 15.0. The number of nitrogens with one attached hydrogen (secondary N) is 2. The summed E-state index contributed by atoms with van der Waals surface area (Å²) in [6, 6.07) is 14.6. The smallest absolute Gasteiger partial charge is 0.339 e. The van der Waals surface area contributed by atoms with Gasteiger partial charge in [-0.15, -0.1) is 0 Å². The van der Waals surface area contributed by atoms with Gasteiger partial charge in [0.1, 0.15) is 42.6 Å². The van der Waals surface area contributed by atoms with Gasteiger partial charge in [-0.2, -0.15) is 0 Å². The van der Waals surface area contributed by atoms with Crippen molar-refractivity contribution in [2.75, 3.05) is 18.5 Å². The molecule has 2 saturated heterocycles. The summed E-state index contributed by atoms with van der Waals surface area (Å²) in [5.41, 5.74) is 2.49. The Kier molecular flexibility index (Phi) is 8.71. The molecule has 0 saturated carbocycles. The van der Waals surface area contributed by atoms with Gasteiger partial charge in [-0.25, -0.2) is 24.5 Å². The number of anilines is 1. The highest BCUT2D eigenvalue weighted by Gasteiger charge is 2.53. The van der Waals surface area contributed by atoms with Crippen LogP contribution in [0.25, 0.3) is 17.2 Å². The van der Waals surface area contributed by atoms with Crippen molar-refractivity contribution >= 4 is 35.1 Å².